The molecule has 18 heavy (non-hydrogen) atoms. The van der Waals surface area contributed by atoms with Crippen LogP contribution in [0.5, 0.6) is 0 Å². The Morgan fingerprint density at radius 3 is 2.39 bits per heavy atom. The van der Waals surface area contributed by atoms with Gasteiger partial charge >= 0.3 is 0 Å². The van der Waals surface area contributed by atoms with E-state index in [1.807, 2.05) is 26.8 Å². The number of hydrogen-bond donors (Lipinski definition) is 1. The minimum absolute atomic E-state index is 0.0622. The second-order valence-corrected chi connectivity index (χ2v) is 6.45. The lowest BCUT2D eigenvalue weighted by molar-refractivity contribution is -0.119. The molecule has 0 bridgehead atoms. The molecule has 1 aromatic rings. The lowest BCUT2D eigenvalue weighted by atomic mass is 9.84. The monoisotopic (exact) mass is 287 g/mol. The quantitative estimate of drug-likeness (QED) is 0.914. The number of rotatable bonds is 4. The Balaban J connectivity index is 2.62. The molecule has 0 fully saturated rings. The normalized spacial score (nSPS) is 13.4. The van der Waals surface area contributed by atoms with Crippen LogP contribution < -0.4 is 5.73 Å². The fourth-order valence-corrected chi connectivity index (χ4v) is 1.82. The molecule has 1 aromatic carbocycles. The maximum absolute atomic E-state index is 11.9. The predicted octanol–water partition coefficient (Wildman–Crippen LogP) is 3.87. The summed E-state index contributed by atoms with van der Waals surface area (Å²) in [5, 5.41) is 0.973. The van der Waals surface area contributed by atoms with E-state index in [1.54, 1.807) is 12.1 Å². The van der Waals surface area contributed by atoms with E-state index in [2.05, 4.69) is 0 Å². The van der Waals surface area contributed by atoms with Crippen molar-refractivity contribution in [3.8, 4) is 0 Å². The van der Waals surface area contributed by atoms with E-state index in [-0.39, 0.29) is 17.2 Å². The summed E-state index contributed by atoms with van der Waals surface area (Å²) in [6.07, 6.45) is 0.727. The van der Waals surface area contributed by atoms with E-state index in [1.165, 1.54) is 0 Å². The first-order valence-electron chi connectivity index (χ1n) is 5.91. The van der Waals surface area contributed by atoms with Crippen LogP contribution in [0.2, 0.25) is 10.0 Å². The fraction of sp³-hybridized carbons (Fsp3) is 0.500. The van der Waals surface area contributed by atoms with Crippen LogP contribution >= 0.6 is 23.2 Å². The standard InChI is InChI=1S/C14H19Cl2NO/c1-14(2,3)13(17)8-10(18)6-9-4-5-11(15)12(16)7-9/h4-5,7,13H,6,8,17H2,1-3H3. The molecule has 0 saturated heterocycles. The summed E-state index contributed by atoms with van der Waals surface area (Å²) in [7, 11) is 0. The smallest absolute Gasteiger partial charge is 0.138 e. The highest BCUT2D eigenvalue weighted by Crippen LogP contribution is 2.24. The molecule has 2 N–H and O–H groups in total. The number of Topliss-reactive ketones (excluding diaryl/α,β-unsaturated/α-hetero) is 1. The molecule has 1 rings (SSSR count). The fourth-order valence-electron chi connectivity index (χ4n) is 1.50. The van der Waals surface area contributed by atoms with Crippen LogP contribution in [0.25, 0.3) is 0 Å². The van der Waals surface area contributed by atoms with Gasteiger partial charge in [-0.05, 0) is 23.1 Å². The van der Waals surface area contributed by atoms with Gasteiger partial charge in [-0.25, -0.2) is 0 Å². The second-order valence-electron chi connectivity index (χ2n) is 5.64. The molecule has 1 unspecified atom stereocenters. The Hall–Kier alpha value is -0.570. The van der Waals surface area contributed by atoms with Crippen molar-refractivity contribution in [3.63, 3.8) is 0 Å². The van der Waals surface area contributed by atoms with Gasteiger partial charge < -0.3 is 5.73 Å². The molecule has 4 heteroatoms. The van der Waals surface area contributed by atoms with E-state index in [0.29, 0.717) is 22.9 Å². The molecule has 0 aliphatic rings. The van der Waals surface area contributed by atoms with Gasteiger partial charge in [0.05, 0.1) is 10.0 Å². The summed E-state index contributed by atoms with van der Waals surface area (Å²) in [5.41, 5.74) is 6.80. The average molecular weight is 288 g/mol. The number of nitrogens with two attached hydrogens (primary N) is 1. The molecular formula is C14H19Cl2NO. The number of carbonyl (C=O) groups is 1. The van der Waals surface area contributed by atoms with Crippen LogP contribution in [0, 0.1) is 5.41 Å². The van der Waals surface area contributed by atoms with Gasteiger partial charge in [-0.3, -0.25) is 4.79 Å². The Kier molecular flexibility index (Phi) is 5.20. The Bertz CT molecular complexity index is 438. The van der Waals surface area contributed by atoms with Gasteiger partial charge in [0.25, 0.3) is 0 Å². The maximum atomic E-state index is 11.9. The first-order chi connectivity index (χ1) is 8.20. The Morgan fingerprint density at radius 1 is 1.28 bits per heavy atom. The van der Waals surface area contributed by atoms with E-state index in [0.717, 1.165) is 5.56 Å². The number of carbonyl (C=O) groups excluding carboxylic acids is 1. The third kappa shape index (κ3) is 4.60. The molecule has 0 radical (unpaired) electrons. The number of hydrogen-bond acceptors (Lipinski definition) is 2. The van der Waals surface area contributed by atoms with E-state index in [9.17, 15) is 4.79 Å². The van der Waals surface area contributed by atoms with Crippen LogP contribution in [0.4, 0.5) is 0 Å². The number of halogens is 2. The zero-order valence-electron chi connectivity index (χ0n) is 11.0. The summed E-state index contributed by atoms with van der Waals surface area (Å²) < 4.78 is 0. The van der Waals surface area contributed by atoms with Gasteiger partial charge in [-0.2, -0.15) is 0 Å². The van der Waals surface area contributed by atoms with Crippen molar-refractivity contribution in [1.82, 2.24) is 0 Å². The molecule has 0 amide bonds. The molecule has 0 spiro atoms. The summed E-state index contributed by atoms with van der Waals surface area (Å²) in [4.78, 5) is 11.9. The molecular weight excluding hydrogens is 269 g/mol. The van der Waals surface area contributed by atoms with Gasteiger partial charge in [0.15, 0.2) is 0 Å². The molecule has 0 heterocycles. The van der Waals surface area contributed by atoms with Crippen molar-refractivity contribution in [3.05, 3.63) is 33.8 Å². The van der Waals surface area contributed by atoms with Crippen LogP contribution in [0.1, 0.15) is 32.8 Å². The molecule has 1 atom stereocenters. The highest BCUT2D eigenvalue weighted by Gasteiger charge is 2.23. The molecule has 0 aliphatic carbocycles. The molecule has 100 valence electrons. The molecule has 0 saturated carbocycles. The lowest BCUT2D eigenvalue weighted by Gasteiger charge is -2.26. The highest BCUT2D eigenvalue weighted by molar-refractivity contribution is 6.42. The van der Waals surface area contributed by atoms with Gasteiger partial charge in [0.2, 0.25) is 0 Å². The van der Waals surface area contributed by atoms with E-state index >= 15 is 0 Å². The Labute approximate surface area is 118 Å². The zero-order chi connectivity index (χ0) is 13.9. The van der Waals surface area contributed by atoms with Crippen molar-refractivity contribution in [1.29, 1.82) is 0 Å². The Morgan fingerprint density at radius 2 is 1.89 bits per heavy atom. The predicted molar refractivity (Wildman–Crippen MR) is 77.2 cm³/mol. The zero-order valence-corrected chi connectivity index (χ0v) is 12.5. The van der Waals surface area contributed by atoms with Crippen molar-refractivity contribution in [2.45, 2.75) is 39.7 Å². The summed E-state index contributed by atoms with van der Waals surface area (Å²) in [6.45, 7) is 6.10. The van der Waals surface area contributed by atoms with Crippen molar-refractivity contribution < 1.29 is 4.79 Å². The van der Waals surface area contributed by atoms with E-state index < -0.39 is 0 Å². The third-order valence-corrected chi connectivity index (χ3v) is 3.68. The van der Waals surface area contributed by atoms with Crippen LogP contribution in [0.15, 0.2) is 18.2 Å². The summed E-state index contributed by atoms with van der Waals surface area (Å²) >= 11 is 11.7. The van der Waals surface area contributed by atoms with Crippen molar-refractivity contribution >= 4 is 29.0 Å². The van der Waals surface area contributed by atoms with Gasteiger partial charge in [-0.15, -0.1) is 0 Å². The van der Waals surface area contributed by atoms with Crippen molar-refractivity contribution in [2.24, 2.45) is 11.1 Å². The minimum atomic E-state index is -0.132. The SMILES string of the molecule is CC(C)(C)C(N)CC(=O)Cc1ccc(Cl)c(Cl)c1. The summed E-state index contributed by atoms with van der Waals surface area (Å²) in [5.74, 6) is 0.121. The van der Waals surface area contributed by atoms with Crippen molar-refractivity contribution in [2.75, 3.05) is 0 Å². The third-order valence-electron chi connectivity index (χ3n) is 2.95. The number of benzene rings is 1. The van der Waals surface area contributed by atoms with Crippen LogP contribution in [-0.4, -0.2) is 11.8 Å². The average Bonchev–Trinajstić information content (AvgIpc) is 2.22. The first-order valence-corrected chi connectivity index (χ1v) is 6.67. The van der Waals surface area contributed by atoms with Crippen LogP contribution in [0.3, 0.4) is 0 Å². The minimum Gasteiger partial charge on any atom is -0.327 e. The molecule has 0 aromatic heterocycles. The lowest BCUT2D eigenvalue weighted by Crippen LogP contribution is -2.37. The van der Waals surface area contributed by atoms with E-state index in [4.69, 9.17) is 28.9 Å². The van der Waals surface area contributed by atoms with Gasteiger partial charge in [0.1, 0.15) is 5.78 Å². The number of ketones is 1. The molecule has 2 nitrogen and oxygen atoms in total. The first kappa shape index (κ1) is 15.5. The topological polar surface area (TPSA) is 43.1 Å². The van der Waals surface area contributed by atoms with Crippen LogP contribution in [-0.2, 0) is 11.2 Å². The summed E-state index contributed by atoms with van der Waals surface area (Å²) in [6, 6.07) is 5.11. The highest BCUT2D eigenvalue weighted by atomic mass is 35.5. The van der Waals surface area contributed by atoms with Gasteiger partial charge in [-0.1, -0.05) is 50.0 Å². The maximum Gasteiger partial charge on any atom is 0.138 e. The second kappa shape index (κ2) is 6.05. The largest absolute Gasteiger partial charge is 0.327 e. The van der Waals surface area contributed by atoms with Gasteiger partial charge in [0, 0.05) is 18.9 Å². The molecule has 0 aliphatic heterocycles.